The van der Waals surface area contributed by atoms with Crippen LogP contribution >= 0.6 is 0 Å². The lowest BCUT2D eigenvalue weighted by molar-refractivity contribution is 0.233. The van der Waals surface area contributed by atoms with Crippen LogP contribution in [0, 0.1) is 0 Å². The minimum Gasteiger partial charge on any atom is -0.208 e. The Morgan fingerprint density at radius 3 is 2.53 bits per heavy atom. The Morgan fingerprint density at radius 1 is 1.16 bits per heavy atom. The van der Waals surface area contributed by atoms with E-state index in [1.807, 2.05) is 0 Å². The molecule has 3 rings (SSSR count). The highest BCUT2D eigenvalue weighted by atomic mass is 32.2. The highest BCUT2D eigenvalue weighted by Gasteiger charge is 2.42. The molecule has 0 atom stereocenters. The van der Waals surface area contributed by atoms with Crippen LogP contribution in [0.1, 0.15) is 30.4 Å². The fourth-order valence-corrected chi connectivity index (χ4v) is 4.46. The van der Waals surface area contributed by atoms with Crippen LogP contribution < -0.4 is 0 Å². The molecule has 3 nitrogen and oxygen atoms in total. The van der Waals surface area contributed by atoms with Gasteiger partial charge in [0, 0.05) is 18.5 Å². The molecular weight excluding hydrogens is 258 g/mol. The summed E-state index contributed by atoms with van der Waals surface area (Å²) in [5.41, 5.74) is 3.11. The summed E-state index contributed by atoms with van der Waals surface area (Å²) in [5.74, 6) is 0. The van der Waals surface area contributed by atoms with E-state index in [4.69, 9.17) is 0 Å². The molecule has 0 aromatic heterocycles. The second-order valence-corrected chi connectivity index (χ2v) is 7.43. The van der Waals surface area contributed by atoms with E-state index >= 15 is 0 Å². The van der Waals surface area contributed by atoms with Crippen molar-refractivity contribution in [1.29, 1.82) is 0 Å². The maximum atomic E-state index is 11.8. The molecule has 4 heteroatoms. The summed E-state index contributed by atoms with van der Waals surface area (Å²) in [6.07, 6.45) is 4.15. The van der Waals surface area contributed by atoms with Crippen molar-refractivity contribution in [3.63, 3.8) is 0 Å². The minimum atomic E-state index is -3.25. The molecular formula is C15H19NO2S. The van der Waals surface area contributed by atoms with Gasteiger partial charge in [0.1, 0.15) is 0 Å². The van der Waals surface area contributed by atoms with Gasteiger partial charge in [-0.1, -0.05) is 30.8 Å². The Kier molecular flexibility index (Phi) is 3.02. The first-order chi connectivity index (χ1) is 9.07. The van der Waals surface area contributed by atoms with E-state index in [2.05, 4.69) is 30.8 Å². The second kappa shape index (κ2) is 4.46. The average Bonchev–Trinajstić information content (AvgIpc) is 2.79. The Balaban J connectivity index is 1.84. The Hall–Kier alpha value is -1.13. The molecule has 0 radical (unpaired) electrons. The van der Waals surface area contributed by atoms with E-state index in [0.29, 0.717) is 13.1 Å². The Morgan fingerprint density at radius 2 is 1.84 bits per heavy atom. The largest absolute Gasteiger partial charge is 0.235 e. The van der Waals surface area contributed by atoms with Gasteiger partial charge < -0.3 is 0 Å². The van der Waals surface area contributed by atoms with Crippen LogP contribution in [-0.4, -0.2) is 25.8 Å². The van der Waals surface area contributed by atoms with Gasteiger partial charge in [-0.05, 0) is 42.2 Å². The third-order valence-corrected chi connectivity index (χ3v) is 6.22. The maximum absolute atomic E-state index is 11.8. The van der Waals surface area contributed by atoms with E-state index in [9.17, 15) is 8.42 Å². The average molecular weight is 277 g/mol. The number of hydrogen-bond acceptors (Lipinski definition) is 2. The number of hydrogen-bond donors (Lipinski definition) is 0. The van der Waals surface area contributed by atoms with Crippen LogP contribution in [0.25, 0.3) is 0 Å². The minimum absolute atomic E-state index is 0.212. The van der Waals surface area contributed by atoms with Crippen LogP contribution in [0.15, 0.2) is 36.3 Å². The van der Waals surface area contributed by atoms with Crippen LogP contribution in [0.4, 0.5) is 0 Å². The number of piperidine rings is 1. The summed E-state index contributed by atoms with van der Waals surface area (Å²) in [6.45, 7) is 4.63. The van der Waals surface area contributed by atoms with Crippen molar-refractivity contribution < 1.29 is 8.42 Å². The van der Waals surface area contributed by atoms with E-state index in [-0.39, 0.29) is 5.41 Å². The summed E-state index contributed by atoms with van der Waals surface area (Å²) in [6, 6.07) is 8.62. The molecule has 1 aliphatic carbocycles. The number of aryl methyl sites for hydroxylation is 1. The molecule has 0 N–H and O–H groups in total. The van der Waals surface area contributed by atoms with Crippen LogP contribution in [-0.2, 0) is 21.9 Å². The standard InChI is InChI=1S/C15H19NO2S/c1-2-19(17,18)16-11-9-15(10-12-16)8-7-13-5-3-4-6-14(13)15/h2-6H,1,7-12H2. The maximum Gasteiger partial charge on any atom is 0.235 e. The molecule has 0 saturated carbocycles. The molecule has 1 fully saturated rings. The van der Waals surface area contributed by atoms with Crippen molar-refractivity contribution in [3.05, 3.63) is 47.4 Å². The molecule has 0 amide bonds. The molecule has 19 heavy (non-hydrogen) atoms. The topological polar surface area (TPSA) is 37.4 Å². The fraction of sp³-hybridized carbons (Fsp3) is 0.467. The smallest absolute Gasteiger partial charge is 0.208 e. The normalized spacial score (nSPS) is 22.3. The monoisotopic (exact) mass is 277 g/mol. The van der Waals surface area contributed by atoms with Gasteiger partial charge in [0.05, 0.1) is 0 Å². The van der Waals surface area contributed by atoms with Crippen LogP contribution in [0.3, 0.4) is 0 Å². The Bertz CT molecular complexity index is 598. The molecule has 1 aliphatic heterocycles. The zero-order valence-electron chi connectivity index (χ0n) is 11.0. The summed E-state index contributed by atoms with van der Waals surface area (Å²) in [4.78, 5) is 0. The van der Waals surface area contributed by atoms with Gasteiger partial charge in [-0.25, -0.2) is 8.42 Å². The molecule has 1 saturated heterocycles. The first kappa shape index (κ1) is 12.9. The number of fused-ring (bicyclic) bond motifs is 2. The van der Waals surface area contributed by atoms with Gasteiger partial charge in [-0.2, -0.15) is 4.31 Å². The molecule has 1 heterocycles. The van der Waals surface area contributed by atoms with E-state index < -0.39 is 10.0 Å². The lowest BCUT2D eigenvalue weighted by Crippen LogP contribution is -2.43. The number of nitrogens with zero attached hydrogens (tertiary/aromatic N) is 1. The first-order valence-corrected chi connectivity index (χ1v) is 8.29. The summed E-state index contributed by atoms with van der Waals surface area (Å²) >= 11 is 0. The van der Waals surface area contributed by atoms with Crippen molar-refractivity contribution in [1.82, 2.24) is 4.31 Å². The molecule has 1 aromatic carbocycles. The summed E-state index contributed by atoms with van der Waals surface area (Å²) < 4.78 is 25.2. The van der Waals surface area contributed by atoms with Crippen molar-refractivity contribution >= 4 is 10.0 Å². The van der Waals surface area contributed by atoms with Gasteiger partial charge >= 0.3 is 0 Å². The summed E-state index contributed by atoms with van der Waals surface area (Å²) in [7, 11) is -3.25. The second-order valence-electron chi connectivity index (χ2n) is 5.55. The molecule has 2 aliphatic rings. The van der Waals surface area contributed by atoms with Crippen LogP contribution in [0.5, 0.6) is 0 Å². The van der Waals surface area contributed by atoms with E-state index in [0.717, 1.165) is 31.1 Å². The van der Waals surface area contributed by atoms with E-state index in [1.54, 1.807) is 4.31 Å². The third-order valence-electron chi connectivity index (χ3n) is 4.71. The zero-order valence-corrected chi connectivity index (χ0v) is 11.8. The van der Waals surface area contributed by atoms with Gasteiger partial charge in [0.25, 0.3) is 0 Å². The number of rotatable bonds is 2. The lowest BCUT2D eigenvalue weighted by atomic mass is 9.74. The van der Waals surface area contributed by atoms with Crippen molar-refractivity contribution in [3.8, 4) is 0 Å². The Labute approximate surface area is 115 Å². The predicted molar refractivity (Wildman–Crippen MR) is 76.4 cm³/mol. The molecule has 102 valence electrons. The van der Waals surface area contributed by atoms with Crippen molar-refractivity contribution in [2.24, 2.45) is 0 Å². The highest BCUT2D eigenvalue weighted by Crippen LogP contribution is 2.46. The van der Waals surface area contributed by atoms with Crippen molar-refractivity contribution in [2.45, 2.75) is 31.1 Å². The van der Waals surface area contributed by atoms with Gasteiger partial charge in [0.2, 0.25) is 10.0 Å². The first-order valence-electron chi connectivity index (χ1n) is 6.78. The van der Waals surface area contributed by atoms with Crippen molar-refractivity contribution in [2.75, 3.05) is 13.1 Å². The third kappa shape index (κ3) is 2.03. The zero-order chi connectivity index (χ0) is 13.5. The van der Waals surface area contributed by atoms with Gasteiger partial charge in [0.15, 0.2) is 0 Å². The molecule has 0 unspecified atom stereocenters. The molecule has 1 spiro atoms. The SMILES string of the molecule is C=CS(=O)(=O)N1CCC2(CCc3ccccc32)CC1. The lowest BCUT2D eigenvalue weighted by Gasteiger charge is -2.39. The fourth-order valence-electron chi connectivity index (χ4n) is 3.56. The summed E-state index contributed by atoms with van der Waals surface area (Å²) in [5, 5.41) is 1.06. The van der Waals surface area contributed by atoms with Gasteiger partial charge in [-0.3, -0.25) is 0 Å². The molecule has 0 bridgehead atoms. The van der Waals surface area contributed by atoms with Gasteiger partial charge in [-0.15, -0.1) is 0 Å². The highest BCUT2D eigenvalue weighted by molar-refractivity contribution is 7.92. The quantitative estimate of drug-likeness (QED) is 0.832. The van der Waals surface area contributed by atoms with E-state index in [1.165, 1.54) is 11.1 Å². The molecule has 1 aromatic rings. The predicted octanol–water partition coefficient (Wildman–Crippen LogP) is 2.44. The van der Waals surface area contributed by atoms with Crippen LogP contribution in [0.2, 0.25) is 0 Å². The number of sulfonamides is 1. The number of benzene rings is 1.